The van der Waals surface area contributed by atoms with Gasteiger partial charge >= 0.3 is 0 Å². The molecule has 0 saturated carbocycles. The Kier molecular flexibility index (Phi) is 6.13. The van der Waals surface area contributed by atoms with Crippen LogP contribution in [0.4, 0.5) is 11.7 Å². The average molecular weight is 435 g/mol. The molecule has 0 aliphatic carbocycles. The summed E-state index contributed by atoms with van der Waals surface area (Å²) >= 11 is 0. The number of carbonyl (C=O) groups excluding carboxylic acids is 1. The van der Waals surface area contributed by atoms with Gasteiger partial charge in [-0.25, -0.2) is 4.68 Å². The SMILES string of the molecule is CC(C)(C)Cc1cc(NC(=O)Cc2ccc(-c3nn(C(C)(C)C)c(N)c3C#N)cc2)on1. The standard InChI is InChI=1S/C24H30N6O2/c1-23(2,3)13-17-12-20(32-29-17)27-19(31)11-15-7-9-16(10-8-15)21-18(14-25)22(26)30(28-21)24(4,5)6/h7-10,12H,11,13,26H2,1-6H3,(H,27,31). The molecule has 2 aromatic heterocycles. The third kappa shape index (κ3) is 5.35. The first-order valence-electron chi connectivity index (χ1n) is 10.5. The Hall–Kier alpha value is -3.60. The molecular formula is C24H30N6O2. The number of nitrogen functional groups attached to an aromatic ring is 1. The van der Waals surface area contributed by atoms with Gasteiger partial charge in [0.1, 0.15) is 23.1 Å². The summed E-state index contributed by atoms with van der Waals surface area (Å²) < 4.78 is 6.89. The molecule has 2 heterocycles. The zero-order chi connectivity index (χ0) is 23.7. The second kappa shape index (κ2) is 8.50. The van der Waals surface area contributed by atoms with Crippen LogP contribution in [0.25, 0.3) is 11.3 Å². The predicted molar refractivity (Wildman–Crippen MR) is 124 cm³/mol. The number of nitrogens with one attached hydrogen (secondary N) is 1. The number of anilines is 2. The Morgan fingerprint density at radius 1 is 1.19 bits per heavy atom. The third-order valence-corrected chi connectivity index (χ3v) is 4.79. The van der Waals surface area contributed by atoms with Gasteiger partial charge in [-0.3, -0.25) is 10.1 Å². The summed E-state index contributed by atoms with van der Waals surface area (Å²) in [6.45, 7) is 12.3. The summed E-state index contributed by atoms with van der Waals surface area (Å²) in [6, 6.07) is 11.3. The fraction of sp³-hybridized carbons (Fsp3) is 0.417. The van der Waals surface area contributed by atoms with Gasteiger partial charge in [-0.1, -0.05) is 50.2 Å². The van der Waals surface area contributed by atoms with E-state index in [1.807, 2.05) is 45.0 Å². The predicted octanol–water partition coefficient (Wildman–Crippen LogP) is 4.52. The number of rotatable bonds is 5. The molecule has 8 nitrogen and oxygen atoms in total. The van der Waals surface area contributed by atoms with Gasteiger partial charge in [0, 0.05) is 11.6 Å². The summed E-state index contributed by atoms with van der Waals surface area (Å²) in [6.07, 6.45) is 0.938. The minimum absolute atomic E-state index is 0.0820. The highest BCUT2D eigenvalue weighted by Gasteiger charge is 2.24. The molecule has 0 radical (unpaired) electrons. The third-order valence-electron chi connectivity index (χ3n) is 4.79. The highest BCUT2D eigenvalue weighted by Crippen LogP contribution is 2.30. The molecule has 1 aromatic carbocycles. The smallest absolute Gasteiger partial charge is 0.231 e. The number of nitriles is 1. The highest BCUT2D eigenvalue weighted by atomic mass is 16.5. The Morgan fingerprint density at radius 3 is 2.41 bits per heavy atom. The van der Waals surface area contributed by atoms with Gasteiger partial charge in [-0.05, 0) is 38.2 Å². The first-order valence-corrected chi connectivity index (χ1v) is 10.5. The highest BCUT2D eigenvalue weighted by molar-refractivity contribution is 5.91. The lowest BCUT2D eigenvalue weighted by atomic mass is 9.91. The maximum Gasteiger partial charge on any atom is 0.231 e. The second-order valence-corrected chi connectivity index (χ2v) is 10.1. The minimum Gasteiger partial charge on any atom is -0.383 e. The quantitative estimate of drug-likeness (QED) is 0.609. The van der Waals surface area contributed by atoms with Crippen molar-refractivity contribution in [2.45, 2.75) is 59.9 Å². The molecule has 3 N–H and O–H groups in total. The molecule has 0 saturated heterocycles. The summed E-state index contributed by atoms with van der Waals surface area (Å²) in [7, 11) is 0. The fourth-order valence-corrected chi connectivity index (χ4v) is 3.40. The van der Waals surface area contributed by atoms with E-state index in [1.165, 1.54) is 0 Å². The zero-order valence-corrected chi connectivity index (χ0v) is 19.5. The van der Waals surface area contributed by atoms with E-state index in [9.17, 15) is 10.1 Å². The molecule has 0 aliphatic heterocycles. The number of hydrogen-bond acceptors (Lipinski definition) is 6. The first kappa shape index (κ1) is 23.1. The van der Waals surface area contributed by atoms with Crippen molar-refractivity contribution < 1.29 is 9.32 Å². The van der Waals surface area contributed by atoms with Crippen molar-refractivity contribution in [3.8, 4) is 17.3 Å². The number of benzene rings is 1. The van der Waals surface area contributed by atoms with Gasteiger partial charge < -0.3 is 10.3 Å². The molecule has 0 unspecified atom stereocenters. The van der Waals surface area contributed by atoms with Crippen LogP contribution in [-0.4, -0.2) is 20.8 Å². The average Bonchev–Trinajstić information content (AvgIpc) is 3.24. The number of amides is 1. The fourth-order valence-electron chi connectivity index (χ4n) is 3.40. The molecule has 3 rings (SSSR count). The van der Waals surface area contributed by atoms with Crippen LogP contribution in [0.5, 0.6) is 0 Å². The zero-order valence-electron chi connectivity index (χ0n) is 19.5. The van der Waals surface area contributed by atoms with E-state index >= 15 is 0 Å². The largest absolute Gasteiger partial charge is 0.383 e. The van der Waals surface area contributed by atoms with Crippen molar-refractivity contribution in [2.24, 2.45) is 5.41 Å². The minimum atomic E-state index is -0.348. The van der Waals surface area contributed by atoms with Crippen LogP contribution >= 0.6 is 0 Å². The summed E-state index contributed by atoms with van der Waals surface area (Å²) in [5.41, 5.74) is 9.16. The van der Waals surface area contributed by atoms with E-state index in [1.54, 1.807) is 10.7 Å². The normalized spacial score (nSPS) is 11.9. The first-order chi connectivity index (χ1) is 14.9. The van der Waals surface area contributed by atoms with E-state index in [2.05, 4.69) is 42.4 Å². The van der Waals surface area contributed by atoms with Crippen LogP contribution in [0.1, 0.15) is 58.4 Å². The van der Waals surface area contributed by atoms with Crippen LogP contribution < -0.4 is 11.1 Å². The molecule has 168 valence electrons. The van der Waals surface area contributed by atoms with Crippen molar-refractivity contribution in [1.82, 2.24) is 14.9 Å². The molecule has 8 heteroatoms. The van der Waals surface area contributed by atoms with Crippen LogP contribution in [0.15, 0.2) is 34.9 Å². The number of aromatic nitrogens is 3. The van der Waals surface area contributed by atoms with Gasteiger partial charge in [0.15, 0.2) is 0 Å². The van der Waals surface area contributed by atoms with Gasteiger partial charge in [0.05, 0.1) is 17.7 Å². The molecule has 32 heavy (non-hydrogen) atoms. The monoisotopic (exact) mass is 434 g/mol. The van der Waals surface area contributed by atoms with Gasteiger partial charge in [-0.15, -0.1) is 0 Å². The van der Waals surface area contributed by atoms with Crippen LogP contribution in [-0.2, 0) is 23.2 Å². The molecule has 0 fully saturated rings. The van der Waals surface area contributed by atoms with Gasteiger partial charge in [0.2, 0.25) is 11.8 Å². The van der Waals surface area contributed by atoms with Crippen LogP contribution in [0.2, 0.25) is 0 Å². The van der Waals surface area contributed by atoms with Crippen molar-refractivity contribution in [2.75, 3.05) is 11.1 Å². The van der Waals surface area contributed by atoms with Gasteiger partial charge in [-0.2, -0.15) is 10.4 Å². The molecule has 3 aromatic rings. The van der Waals surface area contributed by atoms with Crippen molar-refractivity contribution in [3.63, 3.8) is 0 Å². The van der Waals surface area contributed by atoms with Crippen molar-refractivity contribution >= 4 is 17.6 Å². The Labute approximate surface area is 188 Å². The molecule has 0 aliphatic rings. The Bertz CT molecular complexity index is 1150. The van der Waals surface area contributed by atoms with E-state index in [4.69, 9.17) is 10.3 Å². The van der Waals surface area contributed by atoms with E-state index in [0.717, 1.165) is 23.2 Å². The number of nitrogens with zero attached hydrogens (tertiary/aromatic N) is 4. The number of hydrogen-bond donors (Lipinski definition) is 2. The second-order valence-electron chi connectivity index (χ2n) is 10.1. The van der Waals surface area contributed by atoms with Crippen molar-refractivity contribution in [3.05, 3.63) is 47.2 Å². The molecule has 0 bridgehead atoms. The van der Waals surface area contributed by atoms with Crippen LogP contribution in [0.3, 0.4) is 0 Å². The Morgan fingerprint density at radius 2 is 1.84 bits per heavy atom. The lowest BCUT2D eigenvalue weighted by molar-refractivity contribution is -0.115. The maximum atomic E-state index is 12.4. The Balaban J connectivity index is 1.71. The molecule has 1 amide bonds. The maximum absolute atomic E-state index is 12.4. The summed E-state index contributed by atoms with van der Waals surface area (Å²) in [5, 5.41) is 20.9. The number of carbonyl (C=O) groups is 1. The summed E-state index contributed by atoms with van der Waals surface area (Å²) in [5.74, 6) is 0.485. The lowest BCUT2D eigenvalue weighted by Crippen LogP contribution is -2.24. The lowest BCUT2D eigenvalue weighted by Gasteiger charge is -2.20. The van der Waals surface area contributed by atoms with E-state index in [0.29, 0.717) is 23.0 Å². The molecular weight excluding hydrogens is 404 g/mol. The van der Waals surface area contributed by atoms with E-state index in [-0.39, 0.29) is 23.3 Å². The molecule has 0 spiro atoms. The number of nitrogens with two attached hydrogens (primary N) is 1. The van der Waals surface area contributed by atoms with Crippen molar-refractivity contribution in [1.29, 1.82) is 5.26 Å². The molecule has 0 atom stereocenters. The van der Waals surface area contributed by atoms with Crippen LogP contribution in [0, 0.1) is 16.7 Å². The summed E-state index contributed by atoms with van der Waals surface area (Å²) in [4.78, 5) is 12.4. The van der Waals surface area contributed by atoms with Gasteiger partial charge in [0.25, 0.3) is 0 Å². The topological polar surface area (TPSA) is 123 Å². The van der Waals surface area contributed by atoms with E-state index < -0.39 is 0 Å².